The number of hydrogen-bond donors (Lipinski definition) is 1. The van der Waals surface area contributed by atoms with Crippen LogP contribution in [0.25, 0.3) is 11.3 Å². The van der Waals surface area contributed by atoms with Crippen LogP contribution in [0.3, 0.4) is 0 Å². The van der Waals surface area contributed by atoms with Crippen molar-refractivity contribution < 1.29 is 4.74 Å². The maximum atomic E-state index is 6.31. The van der Waals surface area contributed by atoms with Gasteiger partial charge in [-0.15, -0.1) is 0 Å². The Morgan fingerprint density at radius 3 is 2.62 bits per heavy atom. The molecule has 4 heteroatoms. The van der Waals surface area contributed by atoms with E-state index in [4.69, 9.17) is 15.5 Å². The van der Waals surface area contributed by atoms with Crippen molar-refractivity contribution in [2.75, 3.05) is 12.8 Å². The van der Waals surface area contributed by atoms with E-state index in [-0.39, 0.29) is 0 Å². The Balaban J connectivity index is 2.04. The van der Waals surface area contributed by atoms with E-state index in [1.54, 1.807) is 7.11 Å². The third-order valence-electron chi connectivity index (χ3n) is 4.51. The largest absolute Gasteiger partial charge is 0.496 e. The standard InChI is InChI=1S/C17H23N3O/c1-20-16(18)15(13-10-6-7-11-14(13)21-2)19-17(20)12-8-4-3-5-9-12/h6-7,10-12H,3-5,8-9,18H2,1-2H3. The average molecular weight is 285 g/mol. The van der Waals surface area contributed by atoms with E-state index >= 15 is 0 Å². The molecule has 21 heavy (non-hydrogen) atoms. The van der Waals surface area contributed by atoms with Gasteiger partial charge in [0.2, 0.25) is 0 Å². The van der Waals surface area contributed by atoms with Gasteiger partial charge in [-0.05, 0) is 25.0 Å². The highest BCUT2D eigenvalue weighted by molar-refractivity contribution is 5.76. The molecule has 1 saturated carbocycles. The predicted octanol–water partition coefficient (Wildman–Crippen LogP) is 3.73. The topological polar surface area (TPSA) is 53.1 Å². The van der Waals surface area contributed by atoms with E-state index in [0.29, 0.717) is 5.92 Å². The molecule has 0 amide bonds. The maximum Gasteiger partial charge on any atom is 0.131 e. The van der Waals surface area contributed by atoms with Crippen LogP contribution in [-0.4, -0.2) is 16.7 Å². The summed E-state index contributed by atoms with van der Waals surface area (Å²) in [5.41, 5.74) is 8.12. The Hall–Kier alpha value is -1.97. The van der Waals surface area contributed by atoms with Crippen LogP contribution >= 0.6 is 0 Å². The molecule has 1 aromatic carbocycles. The molecule has 0 spiro atoms. The van der Waals surface area contributed by atoms with Crippen LogP contribution < -0.4 is 10.5 Å². The third-order valence-corrected chi connectivity index (χ3v) is 4.51. The Bertz CT molecular complexity index is 627. The lowest BCUT2D eigenvalue weighted by Gasteiger charge is -2.21. The second-order valence-electron chi connectivity index (χ2n) is 5.80. The molecule has 1 aromatic heterocycles. The molecule has 0 radical (unpaired) electrons. The van der Waals surface area contributed by atoms with Crippen molar-refractivity contribution in [3.8, 4) is 17.0 Å². The summed E-state index contributed by atoms with van der Waals surface area (Å²) in [7, 11) is 3.70. The van der Waals surface area contributed by atoms with Crippen molar-refractivity contribution in [1.29, 1.82) is 0 Å². The zero-order valence-electron chi connectivity index (χ0n) is 12.8. The van der Waals surface area contributed by atoms with Crippen LogP contribution in [0.5, 0.6) is 5.75 Å². The summed E-state index contributed by atoms with van der Waals surface area (Å²) in [6.45, 7) is 0. The van der Waals surface area contributed by atoms with Crippen LogP contribution in [0, 0.1) is 0 Å². The Kier molecular flexibility index (Phi) is 3.86. The number of aromatic nitrogens is 2. The number of nitrogen functional groups attached to an aromatic ring is 1. The van der Waals surface area contributed by atoms with E-state index in [1.807, 2.05) is 31.3 Å². The molecule has 1 fully saturated rings. The van der Waals surface area contributed by atoms with Crippen molar-refractivity contribution in [2.45, 2.75) is 38.0 Å². The second kappa shape index (κ2) is 5.80. The Labute approximate surface area is 125 Å². The van der Waals surface area contributed by atoms with Gasteiger partial charge in [-0.2, -0.15) is 0 Å². The summed E-state index contributed by atoms with van der Waals surface area (Å²) in [5, 5.41) is 0. The van der Waals surface area contributed by atoms with Gasteiger partial charge in [0, 0.05) is 18.5 Å². The number of hydrogen-bond acceptors (Lipinski definition) is 3. The monoisotopic (exact) mass is 285 g/mol. The molecule has 3 rings (SSSR count). The maximum absolute atomic E-state index is 6.31. The summed E-state index contributed by atoms with van der Waals surface area (Å²) < 4.78 is 7.50. The number of methoxy groups -OCH3 is 1. The summed E-state index contributed by atoms with van der Waals surface area (Å²) >= 11 is 0. The summed E-state index contributed by atoms with van der Waals surface area (Å²) in [5.74, 6) is 3.19. The summed E-state index contributed by atoms with van der Waals surface area (Å²) in [6.07, 6.45) is 6.37. The lowest BCUT2D eigenvalue weighted by atomic mass is 9.89. The number of benzene rings is 1. The molecule has 1 aliphatic rings. The summed E-state index contributed by atoms with van der Waals surface area (Å²) in [4.78, 5) is 4.87. The first kappa shape index (κ1) is 14.0. The van der Waals surface area contributed by atoms with Gasteiger partial charge in [0.15, 0.2) is 0 Å². The van der Waals surface area contributed by atoms with Crippen molar-refractivity contribution in [3.63, 3.8) is 0 Å². The van der Waals surface area contributed by atoms with Crippen molar-refractivity contribution in [3.05, 3.63) is 30.1 Å². The minimum Gasteiger partial charge on any atom is -0.496 e. The number of para-hydroxylation sites is 1. The molecule has 0 unspecified atom stereocenters. The van der Waals surface area contributed by atoms with Crippen LogP contribution in [0.4, 0.5) is 5.82 Å². The highest BCUT2D eigenvalue weighted by Crippen LogP contribution is 2.38. The molecular formula is C17H23N3O. The molecule has 0 aliphatic heterocycles. The van der Waals surface area contributed by atoms with Crippen molar-refractivity contribution in [2.24, 2.45) is 7.05 Å². The highest BCUT2D eigenvalue weighted by Gasteiger charge is 2.24. The Morgan fingerprint density at radius 2 is 1.90 bits per heavy atom. The van der Waals surface area contributed by atoms with Gasteiger partial charge in [0.25, 0.3) is 0 Å². The van der Waals surface area contributed by atoms with Crippen LogP contribution in [0.15, 0.2) is 24.3 Å². The first-order chi connectivity index (χ1) is 10.2. The predicted molar refractivity (Wildman–Crippen MR) is 85.4 cm³/mol. The molecule has 112 valence electrons. The molecular weight excluding hydrogens is 262 g/mol. The third kappa shape index (κ3) is 2.50. The number of rotatable bonds is 3. The molecule has 2 N–H and O–H groups in total. The van der Waals surface area contributed by atoms with Crippen LogP contribution in [0.1, 0.15) is 43.8 Å². The van der Waals surface area contributed by atoms with Crippen molar-refractivity contribution >= 4 is 5.82 Å². The quantitative estimate of drug-likeness (QED) is 0.935. The van der Waals surface area contributed by atoms with Gasteiger partial charge >= 0.3 is 0 Å². The molecule has 2 aromatic rings. The first-order valence-corrected chi connectivity index (χ1v) is 7.68. The summed E-state index contributed by atoms with van der Waals surface area (Å²) in [6, 6.07) is 7.92. The smallest absolute Gasteiger partial charge is 0.131 e. The van der Waals surface area contributed by atoms with Crippen LogP contribution in [-0.2, 0) is 7.05 Å². The Morgan fingerprint density at radius 1 is 1.19 bits per heavy atom. The van der Waals surface area contributed by atoms with Gasteiger partial charge < -0.3 is 15.0 Å². The number of nitrogens with two attached hydrogens (primary N) is 1. The molecule has 0 saturated heterocycles. The van der Waals surface area contributed by atoms with E-state index in [1.165, 1.54) is 32.1 Å². The van der Waals surface area contributed by atoms with E-state index in [2.05, 4.69) is 4.57 Å². The number of nitrogens with zero attached hydrogens (tertiary/aromatic N) is 2. The van der Waals surface area contributed by atoms with E-state index < -0.39 is 0 Å². The number of ether oxygens (including phenoxy) is 1. The van der Waals surface area contributed by atoms with Crippen LogP contribution in [0.2, 0.25) is 0 Å². The molecule has 4 nitrogen and oxygen atoms in total. The fourth-order valence-electron chi connectivity index (χ4n) is 3.29. The first-order valence-electron chi connectivity index (χ1n) is 7.68. The van der Waals surface area contributed by atoms with Gasteiger partial charge in [0.05, 0.1) is 7.11 Å². The van der Waals surface area contributed by atoms with Gasteiger partial charge in [-0.1, -0.05) is 31.4 Å². The fraction of sp³-hybridized carbons (Fsp3) is 0.471. The highest BCUT2D eigenvalue weighted by atomic mass is 16.5. The van der Waals surface area contributed by atoms with Gasteiger partial charge in [-0.25, -0.2) is 4.98 Å². The number of anilines is 1. The molecule has 0 atom stereocenters. The van der Waals surface area contributed by atoms with Gasteiger partial charge in [-0.3, -0.25) is 0 Å². The molecule has 1 heterocycles. The minimum atomic E-state index is 0.537. The van der Waals surface area contributed by atoms with E-state index in [0.717, 1.165) is 28.6 Å². The van der Waals surface area contributed by atoms with Crippen molar-refractivity contribution in [1.82, 2.24) is 9.55 Å². The zero-order chi connectivity index (χ0) is 14.8. The average Bonchev–Trinajstić information content (AvgIpc) is 2.84. The SMILES string of the molecule is COc1ccccc1-c1nc(C2CCCCC2)n(C)c1N. The lowest BCUT2D eigenvalue weighted by Crippen LogP contribution is -2.11. The van der Waals surface area contributed by atoms with E-state index in [9.17, 15) is 0 Å². The molecule has 0 bridgehead atoms. The lowest BCUT2D eigenvalue weighted by molar-refractivity contribution is 0.416. The fourth-order valence-corrected chi connectivity index (χ4v) is 3.29. The second-order valence-corrected chi connectivity index (χ2v) is 5.80. The minimum absolute atomic E-state index is 0.537. The normalized spacial score (nSPS) is 16.1. The number of imidazole rings is 1. The molecule has 1 aliphatic carbocycles. The zero-order valence-corrected chi connectivity index (χ0v) is 12.8. The van der Waals surface area contributed by atoms with Gasteiger partial charge in [0.1, 0.15) is 23.1 Å².